The molecule has 100 valence electrons. The third-order valence-electron chi connectivity index (χ3n) is 3.04. The van der Waals surface area contributed by atoms with Crippen molar-refractivity contribution in [2.45, 2.75) is 4.90 Å². The van der Waals surface area contributed by atoms with Crippen LogP contribution in [0.15, 0.2) is 52.5 Å². The molecule has 0 atom stereocenters. The van der Waals surface area contributed by atoms with Gasteiger partial charge in [-0.1, -0.05) is 6.07 Å². The maximum Gasteiger partial charge on any atom is 0.246 e. The first kappa shape index (κ1) is 12.9. The Hall–Kier alpha value is -2.14. The van der Waals surface area contributed by atoms with E-state index < -0.39 is 0 Å². The van der Waals surface area contributed by atoms with E-state index in [1.165, 1.54) is 0 Å². The number of hydrogen-bond acceptors (Lipinski definition) is 4. The smallest absolute Gasteiger partial charge is 0.246 e. The van der Waals surface area contributed by atoms with Crippen molar-refractivity contribution in [3.05, 3.63) is 53.9 Å². The minimum Gasteiger partial charge on any atom is -0.324 e. The molecule has 1 aromatic heterocycles. The summed E-state index contributed by atoms with van der Waals surface area (Å²) in [4.78, 5) is 21.6. The van der Waals surface area contributed by atoms with Gasteiger partial charge in [0.2, 0.25) is 5.91 Å². The number of nitrogens with one attached hydrogen (secondary N) is 1. The van der Waals surface area contributed by atoms with Crippen molar-refractivity contribution in [1.82, 2.24) is 4.98 Å². The molecule has 1 aliphatic rings. The lowest BCUT2D eigenvalue weighted by Gasteiger charge is -2.10. The molecule has 1 N–H and O–H groups in total. The largest absolute Gasteiger partial charge is 0.324 e. The molecule has 5 heteroatoms. The topological polar surface area (TPSA) is 54.4 Å². The van der Waals surface area contributed by atoms with Gasteiger partial charge in [0.05, 0.1) is 17.1 Å². The van der Waals surface area contributed by atoms with Crippen molar-refractivity contribution < 1.29 is 4.79 Å². The van der Waals surface area contributed by atoms with Crippen LogP contribution < -0.4 is 5.32 Å². The molecule has 20 heavy (non-hydrogen) atoms. The number of anilines is 1. The zero-order valence-electron chi connectivity index (χ0n) is 11.0. The summed E-state index contributed by atoms with van der Waals surface area (Å²) in [6.45, 7) is 0.120. The average molecular weight is 283 g/mol. The molecule has 0 unspecified atom stereocenters. The molecule has 0 spiro atoms. The van der Waals surface area contributed by atoms with Gasteiger partial charge in [-0.3, -0.25) is 14.8 Å². The number of hydrogen-bond donors (Lipinski definition) is 1. The molecule has 1 aliphatic heterocycles. The molecular weight excluding hydrogens is 270 g/mol. The Labute approximate surface area is 121 Å². The molecule has 1 aromatic carbocycles. The molecule has 0 radical (unpaired) electrons. The number of aromatic nitrogens is 1. The number of pyridine rings is 1. The second kappa shape index (κ2) is 5.46. The molecule has 0 aliphatic carbocycles. The van der Waals surface area contributed by atoms with E-state index in [0.29, 0.717) is 0 Å². The number of nitrogens with zero attached hydrogens (tertiary/aromatic N) is 2. The highest BCUT2D eigenvalue weighted by atomic mass is 32.2. The normalized spacial score (nSPS) is 14.1. The van der Waals surface area contributed by atoms with Gasteiger partial charge in [0, 0.05) is 16.7 Å². The van der Waals surface area contributed by atoms with Gasteiger partial charge in [-0.05, 0) is 36.6 Å². The Morgan fingerprint density at radius 1 is 1.25 bits per heavy atom. The molecule has 0 bridgehead atoms. The van der Waals surface area contributed by atoms with E-state index in [4.69, 9.17) is 0 Å². The average Bonchev–Trinajstić information content (AvgIpc) is 2.65. The lowest BCUT2D eigenvalue weighted by atomic mass is 10.0. The lowest BCUT2D eigenvalue weighted by molar-refractivity contribution is -0.114. The maximum atomic E-state index is 11.7. The van der Waals surface area contributed by atoms with Crippen LogP contribution in [0.4, 0.5) is 5.69 Å². The summed E-state index contributed by atoms with van der Waals surface area (Å²) in [6.07, 6.45) is 3.75. The summed E-state index contributed by atoms with van der Waals surface area (Å²) in [5.74, 6) is -0.103. The monoisotopic (exact) mass is 283 g/mol. The Kier molecular flexibility index (Phi) is 3.52. The summed E-state index contributed by atoms with van der Waals surface area (Å²) in [6, 6.07) is 11.6. The molecule has 0 saturated heterocycles. The molecule has 2 aromatic rings. The first-order chi connectivity index (χ1) is 9.78. The SMILES string of the molecule is CSc1ccc2c(c1)C(c1ccccn1)=NCC(=O)N2. The van der Waals surface area contributed by atoms with Crippen LogP contribution in [-0.2, 0) is 4.79 Å². The fourth-order valence-electron chi connectivity index (χ4n) is 2.10. The van der Waals surface area contributed by atoms with Crippen molar-refractivity contribution >= 4 is 29.1 Å². The number of carbonyl (C=O) groups is 1. The number of carbonyl (C=O) groups excluding carboxylic acids is 1. The zero-order valence-corrected chi connectivity index (χ0v) is 11.8. The minimum absolute atomic E-state index is 0.103. The molecule has 1 amide bonds. The fraction of sp³-hybridized carbons (Fsp3) is 0.133. The van der Waals surface area contributed by atoms with Crippen molar-refractivity contribution in [3.8, 4) is 0 Å². The number of benzodiazepines with no additional fused rings is 1. The number of aliphatic imine (C=N–C) groups is 1. The molecule has 4 nitrogen and oxygen atoms in total. The van der Waals surface area contributed by atoms with Crippen LogP contribution in [0.1, 0.15) is 11.3 Å². The first-order valence-corrected chi connectivity index (χ1v) is 7.44. The zero-order chi connectivity index (χ0) is 13.9. The van der Waals surface area contributed by atoms with Gasteiger partial charge in [-0.2, -0.15) is 0 Å². The summed E-state index contributed by atoms with van der Waals surface area (Å²) >= 11 is 1.66. The number of thioether (sulfide) groups is 1. The highest BCUT2D eigenvalue weighted by Gasteiger charge is 2.18. The van der Waals surface area contributed by atoms with Crippen molar-refractivity contribution in [2.24, 2.45) is 4.99 Å². The van der Waals surface area contributed by atoms with Gasteiger partial charge in [0.1, 0.15) is 6.54 Å². The Morgan fingerprint density at radius 2 is 2.15 bits per heavy atom. The van der Waals surface area contributed by atoms with E-state index in [0.717, 1.165) is 27.6 Å². The number of amides is 1. The van der Waals surface area contributed by atoms with Crippen LogP contribution in [0.25, 0.3) is 0 Å². The van der Waals surface area contributed by atoms with Crippen LogP contribution in [0.5, 0.6) is 0 Å². The predicted molar refractivity (Wildman–Crippen MR) is 81.6 cm³/mol. The number of fused-ring (bicyclic) bond motifs is 1. The van der Waals surface area contributed by atoms with Gasteiger partial charge in [0.15, 0.2) is 0 Å². The number of rotatable bonds is 2. The Morgan fingerprint density at radius 3 is 2.90 bits per heavy atom. The molecule has 3 rings (SSSR count). The van der Waals surface area contributed by atoms with Crippen LogP contribution in [0.2, 0.25) is 0 Å². The maximum absolute atomic E-state index is 11.7. The predicted octanol–water partition coefficient (Wildman–Crippen LogP) is 2.59. The third-order valence-corrected chi connectivity index (χ3v) is 3.77. The summed E-state index contributed by atoms with van der Waals surface area (Å²) in [5, 5.41) is 2.88. The van der Waals surface area contributed by atoms with E-state index in [1.54, 1.807) is 18.0 Å². The minimum atomic E-state index is -0.103. The van der Waals surface area contributed by atoms with Gasteiger partial charge in [0.25, 0.3) is 0 Å². The van der Waals surface area contributed by atoms with E-state index >= 15 is 0 Å². The van der Waals surface area contributed by atoms with E-state index in [1.807, 2.05) is 42.7 Å². The number of benzene rings is 1. The Bertz CT molecular complexity index is 683. The van der Waals surface area contributed by atoms with Gasteiger partial charge >= 0.3 is 0 Å². The lowest BCUT2D eigenvalue weighted by Crippen LogP contribution is -2.13. The van der Waals surface area contributed by atoms with Crippen LogP contribution in [-0.4, -0.2) is 29.4 Å². The van der Waals surface area contributed by atoms with Crippen molar-refractivity contribution in [3.63, 3.8) is 0 Å². The van der Waals surface area contributed by atoms with Crippen LogP contribution in [0, 0.1) is 0 Å². The van der Waals surface area contributed by atoms with Gasteiger partial charge < -0.3 is 5.32 Å². The first-order valence-electron chi connectivity index (χ1n) is 6.22. The van der Waals surface area contributed by atoms with Crippen LogP contribution >= 0.6 is 11.8 Å². The van der Waals surface area contributed by atoms with Gasteiger partial charge in [-0.25, -0.2) is 0 Å². The highest BCUT2D eigenvalue weighted by Crippen LogP contribution is 2.26. The van der Waals surface area contributed by atoms with Crippen molar-refractivity contribution in [1.29, 1.82) is 0 Å². The van der Waals surface area contributed by atoms with E-state index in [9.17, 15) is 4.79 Å². The van der Waals surface area contributed by atoms with Gasteiger partial charge in [-0.15, -0.1) is 11.8 Å². The Balaban J connectivity index is 2.18. The molecule has 2 heterocycles. The molecule has 0 fully saturated rings. The quantitative estimate of drug-likeness (QED) is 0.862. The standard InChI is InChI=1S/C15H13N3OS/c1-20-10-5-6-12-11(8-10)15(17-9-14(19)18-12)13-4-2-3-7-16-13/h2-8H,9H2,1H3,(H,18,19). The van der Waals surface area contributed by atoms with Crippen molar-refractivity contribution in [2.75, 3.05) is 18.1 Å². The summed E-state index contributed by atoms with van der Waals surface area (Å²) in [5.41, 5.74) is 3.24. The molecule has 0 saturated carbocycles. The second-order valence-electron chi connectivity index (χ2n) is 4.34. The fourth-order valence-corrected chi connectivity index (χ4v) is 2.54. The summed E-state index contributed by atoms with van der Waals surface area (Å²) < 4.78 is 0. The highest BCUT2D eigenvalue weighted by molar-refractivity contribution is 7.98. The second-order valence-corrected chi connectivity index (χ2v) is 5.22. The summed E-state index contributed by atoms with van der Waals surface area (Å²) in [7, 11) is 0. The van der Waals surface area contributed by atoms with E-state index in [-0.39, 0.29) is 12.5 Å². The molecular formula is C15H13N3OS. The van der Waals surface area contributed by atoms with E-state index in [2.05, 4.69) is 15.3 Å². The third kappa shape index (κ3) is 2.44. The van der Waals surface area contributed by atoms with Crippen LogP contribution in [0.3, 0.4) is 0 Å².